The van der Waals surface area contributed by atoms with E-state index in [4.69, 9.17) is 10.8 Å². The SMILES string of the molecule is C=CCC(N)C(=O)N(C)CCO. The van der Waals surface area contributed by atoms with Gasteiger partial charge in [0.1, 0.15) is 0 Å². The first-order chi connectivity index (χ1) is 5.63. The van der Waals surface area contributed by atoms with Crippen molar-refractivity contribution in [3.05, 3.63) is 12.7 Å². The summed E-state index contributed by atoms with van der Waals surface area (Å²) in [5, 5.41) is 8.54. The van der Waals surface area contributed by atoms with Gasteiger partial charge >= 0.3 is 0 Å². The van der Waals surface area contributed by atoms with Gasteiger partial charge in [0.05, 0.1) is 12.6 Å². The number of likely N-dealkylation sites (N-methyl/N-ethyl adjacent to an activating group) is 1. The highest BCUT2D eigenvalue weighted by Crippen LogP contribution is 1.94. The predicted octanol–water partition coefficient (Wildman–Crippen LogP) is -0.659. The van der Waals surface area contributed by atoms with Gasteiger partial charge in [0.25, 0.3) is 0 Å². The van der Waals surface area contributed by atoms with Gasteiger partial charge in [0.2, 0.25) is 5.91 Å². The fraction of sp³-hybridized carbons (Fsp3) is 0.625. The molecule has 0 aliphatic carbocycles. The fourth-order valence-corrected chi connectivity index (χ4v) is 0.824. The van der Waals surface area contributed by atoms with Gasteiger partial charge in [0, 0.05) is 13.6 Å². The first kappa shape index (κ1) is 11.1. The van der Waals surface area contributed by atoms with Gasteiger partial charge in [-0.3, -0.25) is 4.79 Å². The molecule has 1 atom stereocenters. The average molecular weight is 172 g/mol. The molecule has 0 saturated carbocycles. The van der Waals surface area contributed by atoms with Crippen LogP contribution < -0.4 is 5.73 Å². The standard InChI is InChI=1S/C8H16N2O2/c1-3-4-7(9)8(12)10(2)5-6-11/h3,7,11H,1,4-6,9H2,2H3. The summed E-state index contributed by atoms with van der Waals surface area (Å²) in [5.74, 6) is -0.163. The molecule has 0 aromatic heterocycles. The van der Waals surface area contributed by atoms with Crippen molar-refractivity contribution in [1.82, 2.24) is 4.90 Å². The number of rotatable bonds is 5. The Balaban J connectivity index is 3.90. The van der Waals surface area contributed by atoms with E-state index in [1.54, 1.807) is 13.1 Å². The molecule has 0 bridgehead atoms. The zero-order valence-electron chi connectivity index (χ0n) is 7.36. The molecule has 4 heteroatoms. The molecular weight excluding hydrogens is 156 g/mol. The lowest BCUT2D eigenvalue weighted by Crippen LogP contribution is -2.42. The molecule has 0 aromatic carbocycles. The van der Waals surface area contributed by atoms with E-state index in [9.17, 15) is 4.79 Å². The van der Waals surface area contributed by atoms with Crippen molar-refractivity contribution in [1.29, 1.82) is 0 Å². The summed E-state index contributed by atoms with van der Waals surface area (Å²) in [7, 11) is 1.61. The number of carbonyl (C=O) groups is 1. The van der Waals surface area contributed by atoms with Crippen molar-refractivity contribution < 1.29 is 9.90 Å². The lowest BCUT2D eigenvalue weighted by atomic mass is 10.2. The van der Waals surface area contributed by atoms with Crippen LogP contribution in [-0.2, 0) is 4.79 Å². The van der Waals surface area contributed by atoms with Gasteiger partial charge in [-0.05, 0) is 6.42 Å². The van der Waals surface area contributed by atoms with Crippen molar-refractivity contribution in [2.45, 2.75) is 12.5 Å². The number of carbonyl (C=O) groups excluding carboxylic acids is 1. The monoisotopic (exact) mass is 172 g/mol. The van der Waals surface area contributed by atoms with Crippen molar-refractivity contribution in [2.24, 2.45) is 5.73 Å². The van der Waals surface area contributed by atoms with Crippen LogP contribution in [0.3, 0.4) is 0 Å². The summed E-state index contributed by atoms with van der Waals surface area (Å²) in [5.41, 5.74) is 5.51. The van der Waals surface area contributed by atoms with Gasteiger partial charge in [-0.1, -0.05) is 6.08 Å². The Morgan fingerprint density at radius 1 is 1.83 bits per heavy atom. The molecule has 0 radical (unpaired) electrons. The van der Waals surface area contributed by atoms with Crippen LogP contribution in [0.15, 0.2) is 12.7 Å². The molecule has 70 valence electrons. The number of aliphatic hydroxyl groups is 1. The molecule has 0 spiro atoms. The smallest absolute Gasteiger partial charge is 0.239 e. The highest BCUT2D eigenvalue weighted by atomic mass is 16.3. The van der Waals surface area contributed by atoms with Crippen LogP contribution in [0.1, 0.15) is 6.42 Å². The predicted molar refractivity (Wildman–Crippen MR) is 47.5 cm³/mol. The number of hydrogen-bond donors (Lipinski definition) is 2. The van der Waals surface area contributed by atoms with Crippen molar-refractivity contribution in [2.75, 3.05) is 20.2 Å². The second kappa shape index (κ2) is 5.74. The Morgan fingerprint density at radius 2 is 2.42 bits per heavy atom. The Hall–Kier alpha value is -0.870. The van der Waals surface area contributed by atoms with Gasteiger partial charge in [-0.15, -0.1) is 6.58 Å². The Bertz CT molecular complexity index is 159. The number of aliphatic hydroxyl groups excluding tert-OH is 1. The topological polar surface area (TPSA) is 66.6 Å². The molecule has 1 amide bonds. The summed E-state index contributed by atoms with van der Waals surface area (Å²) >= 11 is 0. The largest absolute Gasteiger partial charge is 0.395 e. The van der Waals surface area contributed by atoms with Crippen molar-refractivity contribution in [3.8, 4) is 0 Å². The van der Waals surface area contributed by atoms with E-state index < -0.39 is 6.04 Å². The minimum absolute atomic E-state index is 0.0386. The first-order valence-electron chi connectivity index (χ1n) is 3.85. The second-order valence-electron chi connectivity index (χ2n) is 2.61. The highest BCUT2D eigenvalue weighted by molar-refractivity contribution is 5.81. The molecule has 0 fully saturated rings. The third-order valence-electron chi connectivity index (χ3n) is 1.55. The summed E-state index contributed by atoms with van der Waals surface area (Å²) in [6.07, 6.45) is 2.07. The number of amides is 1. The zero-order chi connectivity index (χ0) is 9.56. The van der Waals surface area contributed by atoms with Gasteiger partial charge in [-0.2, -0.15) is 0 Å². The summed E-state index contributed by atoms with van der Waals surface area (Å²) in [6, 6.07) is -0.529. The van der Waals surface area contributed by atoms with Crippen LogP contribution >= 0.6 is 0 Å². The molecule has 0 aromatic rings. The van der Waals surface area contributed by atoms with E-state index in [0.717, 1.165) is 0 Å². The van der Waals surface area contributed by atoms with Gasteiger partial charge in [-0.25, -0.2) is 0 Å². The minimum atomic E-state index is -0.529. The van der Waals surface area contributed by atoms with Crippen LogP contribution in [0.2, 0.25) is 0 Å². The van der Waals surface area contributed by atoms with Crippen LogP contribution in [0.5, 0.6) is 0 Å². The van der Waals surface area contributed by atoms with Gasteiger partial charge in [0.15, 0.2) is 0 Å². The molecule has 4 nitrogen and oxygen atoms in total. The summed E-state index contributed by atoms with van der Waals surface area (Å²) in [4.78, 5) is 12.7. The van der Waals surface area contributed by atoms with E-state index in [2.05, 4.69) is 6.58 Å². The first-order valence-corrected chi connectivity index (χ1v) is 3.85. The van der Waals surface area contributed by atoms with Crippen LogP contribution in [-0.4, -0.2) is 42.2 Å². The normalized spacial score (nSPS) is 12.2. The third-order valence-corrected chi connectivity index (χ3v) is 1.55. The molecule has 3 N–H and O–H groups in total. The molecular formula is C8H16N2O2. The van der Waals surface area contributed by atoms with Crippen LogP contribution in [0.4, 0.5) is 0 Å². The lowest BCUT2D eigenvalue weighted by molar-refractivity contribution is -0.131. The Morgan fingerprint density at radius 3 is 2.83 bits per heavy atom. The molecule has 0 aliphatic rings. The molecule has 0 rings (SSSR count). The molecule has 0 saturated heterocycles. The van der Waals surface area contributed by atoms with E-state index in [1.807, 2.05) is 0 Å². The second-order valence-corrected chi connectivity index (χ2v) is 2.61. The van der Waals surface area contributed by atoms with Crippen LogP contribution in [0.25, 0.3) is 0 Å². The maximum Gasteiger partial charge on any atom is 0.239 e. The summed E-state index contributed by atoms with van der Waals surface area (Å²) < 4.78 is 0. The number of nitrogens with two attached hydrogens (primary N) is 1. The number of nitrogens with zero attached hydrogens (tertiary/aromatic N) is 1. The van der Waals surface area contributed by atoms with Crippen molar-refractivity contribution >= 4 is 5.91 Å². The fourth-order valence-electron chi connectivity index (χ4n) is 0.824. The van der Waals surface area contributed by atoms with Crippen LogP contribution in [0, 0.1) is 0 Å². The molecule has 12 heavy (non-hydrogen) atoms. The van der Waals surface area contributed by atoms with E-state index in [1.165, 1.54) is 4.90 Å². The summed E-state index contributed by atoms with van der Waals surface area (Å²) in [6.45, 7) is 3.77. The third kappa shape index (κ3) is 3.50. The minimum Gasteiger partial charge on any atom is -0.395 e. The Kier molecular flexibility index (Phi) is 5.32. The lowest BCUT2D eigenvalue weighted by Gasteiger charge is -2.19. The van der Waals surface area contributed by atoms with Crippen molar-refractivity contribution in [3.63, 3.8) is 0 Å². The molecule has 0 aliphatic heterocycles. The molecule has 1 unspecified atom stereocenters. The highest BCUT2D eigenvalue weighted by Gasteiger charge is 2.15. The quantitative estimate of drug-likeness (QED) is 0.541. The molecule has 0 heterocycles. The van der Waals surface area contributed by atoms with E-state index in [-0.39, 0.29) is 12.5 Å². The van der Waals surface area contributed by atoms with E-state index in [0.29, 0.717) is 13.0 Å². The zero-order valence-corrected chi connectivity index (χ0v) is 7.36. The Labute approximate surface area is 72.7 Å². The maximum absolute atomic E-state index is 11.3. The maximum atomic E-state index is 11.3. The number of hydrogen-bond acceptors (Lipinski definition) is 3. The van der Waals surface area contributed by atoms with E-state index >= 15 is 0 Å². The average Bonchev–Trinajstić information content (AvgIpc) is 2.04. The van der Waals surface area contributed by atoms with Gasteiger partial charge < -0.3 is 15.7 Å².